The van der Waals surface area contributed by atoms with Gasteiger partial charge in [0.15, 0.2) is 0 Å². The van der Waals surface area contributed by atoms with E-state index in [9.17, 15) is 4.79 Å². The van der Waals surface area contributed by atoms with Crippen molar-refractivity contribution in [2.45, 2.75) is 19.3 Å². The van der Waals surface area contributed by atoms with Crippen LogP contribution in [-0.2, 0) is 0 Å². The fourth-order valence-corrected chi connectivity index (χ4v) is 1.99. The Morgan fingerprint density at radius 1 is 1.35 bits per heavy atom. The number of halogens is 1. The summed E-state index contributed by atoms with van der Waals surface area (Å²) < 4.78 is 0. The number of nitrogen functional groups attached to an aromatic ring is 1. The number of hydrogen-bond donors (Lipinski definition) is 1. The standard InChI is InChI=1S/C13H18N2O.ClH/c1-15(9-10-3-2-4-10)13(16)11-5-7-12(14)8-6-11;/h5-8,10H,2-4,9,14H2,1H3;1H. The van der Waals surface area contributed by atoms with Crippen LogP contribution in [0.1, 0.15) is 29.6 Å². The third kappa shape index (κ3) is 3.37. The Morgan fingerprint density at radius 2 is 1.94 bits per heavy atom. The lowest BCUT2D eigenvalue weighted by Gasteiger charge is -2.30. The first-order valence-electron chi connectivity index (χ1n) is 5.78. The smallest absolute Gasteiger partial charge is 0.253 e. The molecular weight excluding hydrogens is 236 g/mol. The highest BCUT2D eigenvalue weighted by Gasteiger charge is 2.21. The third-order valence-corrected chi connectivity index (χ3v) is 3.26. The predicted molar refractivity (Wildman–Crippen MR) is 72.4 cm³/mol. The van der Waals surface area contributed by atoms with Crippen LogP contribution in [0.25, 0.3) is 0 Å². The minimum absolute atomic E-state index is 0. The Labute approximate surface area is 108 Å². The van der Waals surface area contributed by atoms with Gasteiger partial charge < -0.3 is 10.6 Å². The molecule has 0 aromatic heterocycles. The van der Waals surface area contributed by atoms with Crippen molar-refractivity contribution in [2.75, 3.05) is 19.3 Å². The second kappa shape index (κ2) is 5.92. The number of nitrogens with two attached hydrogens (primary N) is 1. The van der Waals surface area contributed by atoms with Crippen molar-refractivity contribution in [2.24, 2.45) is 5.92 Å². The number of carbonyl (C=O) groups is 1. The first kappa shape index (κ1) is 13.8. The number of carbonyl (C=O) groups excluding carboxylic acids is 1. The maximum absolute atomic E-state index is 12.0. The summed E-state index contributed by atoms with van der Waals surface area (Å²) in [6.07, 6.45) is 3.84. The summed E-state index contributed by atoms with van der Waals surface area (Å²) >= 11 is 0. The lowest BCUT2D eigenvalue weighted by Crippen LogP contribution is -2.34. The van der Waals surface area contributed by atoms with E-state index in [1.54, 1.807) is 24.3 Å². The summed E-state index contributed by atoms with van der Waals surface area (Å²) in [5, 5.41) is 0. The van der Waals surface area contributed by atoms with Crippen LogP contribution in [0.2, 0.25) is 0 Å². The zero-order valence-corrected chi connectivity index (χ0v) is 10.9. The summed E-state index contributed by atoms with van der Waals surface area (Å²) in [6.45, 7) is 0.878. The first-order valence-corrected chi connectivity index (χ1v) is 5.78. The molecule has 0 radical (unpaired) electrons. The molecule has 1 amide bonds. The van der Waals surface area contributed by atoms with Gasteiger partial charge in [0.05, 0.1) is 0 Å². The topological polar surface area (TPSA) is 46.3 Å². The predicted octanol–water partition coefficient (Wildman–Crippen LogP) is 2.56. The fraction of sp³-hybridized carbons (Fsp3) is 0.462. The van der Waals surface area contributed by atoms with Crippen molar-refractivity contribution in [3.63, 3.8) is 0 Å². The highest BCUT2D eigenvalue weighted by atomic mass is 35.5. The molecule has 94 valence electrons. The maximum atomic E-state index is 12.0. The van der Waals surface area contributed by atoms with Crippen molar-refractivity contribution < 1.29 is 4.79 Å². The molecule has 2 rings (SSSR count). The van der Waals surface area contributed by atoms with E-state index in [1.165, 1.54) is 19.3 Å². The van der Waals surface area contributed by atoms with Crippen molar-refractivity contribution in [3.05, 3.63) is 29.8 Å². The second-order valence-electron chi connectivity index (χ2n) is 4.60. The zero-order chi connectivity index (χ0) is 11.5. The molecule has 1 aromatic carbocycles. The number of amides is 1. The van der Waals surface area contributed by atoms with Gasteiger partial charge in [0.2, 0.25) is 0 Å². The van der Waals surface area contributed by atoms with Gasteiger partial charge in [-0.3, -0.25) is 4.79 Å². The number of nitrogens with zero attached hydrogens (tertiary/aromatic N) is 1. The maximum Gasteiger partial charge on any atom is 0.253 e. The summed E-state index contributed by atoms with van der Waals surface area (Å²) in [6, 6.07) is 7.11. The Hall–Kier alpha value is -1.22. The average Bonchev–Trinajstić information content (AvgIpc) is 2.23. The normalized spacial score (nSPS) is 14.6. The molecule has 3 nitrogen and oxygen atoms in total. The summed E-state index contributed by atoms with van der Waals surface area (Å²) in [4.78, 5) is 13.8. The van der Waals surface area contributed by atoms with Crippen molar-refractivity contribution in [1.82, 2.24) is 4.90 Å². The van der Waals surface area contributed by atoms with Crippen LogP contribution in [0.5, 0.6) is 0 Å². The van der Waals surface area contributed by atoms with Gasteiger partial charge in [-0.1, -0.05) is 6.42 Å². The molecule has 0 unspecified atom stereocenters. The molecule has 0 heterocycles. The van der Waals surface area contributed by atoms with Gasteiger partial charge in [0, 0.05) is 24.8 Å². The Morgan fingerprint density at radius 3 is 2.41 bits per heavy atom. The van der Waals surface area contributed by atoms with E-state index in [1.807, 2.05) is 11.9 Å². The molecule has 2 N–H and O–H groups in total. The molecule has 4 heteroatoms. The van der Waals surface area contributed by atoms with Crippen LogP contribution >= 0.6 is 12.4 Å². The minimum atomic E-state index is 0. The second-order valence-corrected chi connectivity index (χ2v) is 4.60. The average molecular weight is 255 g/mol. The van der Waals surface area contributed by atoms with E-state index in [-0.39, 0.29) is 18.3 Å². The van der Waals surface area contributed by atoms with Gasteiger partial charge >= 0.3 is 0 Å². The summed E-state index contributed by atoms with van der Waals surface area (Å²) in [7, 11) is 1.87. The van der Waals surface area contributed by atoms with Crippen LogP contribution < -0.4 is 5.73 Å². The largest absolute Gasteiger partial charge is 0.399 e. The van der Waals surface area contributed by atoms with E-state index < -0.39 is 0 Å². The van der Waals surface area contributed by atoms with Gasteiger partial charge in [0.1, 0.15) is 0 Å². The number of benzene rings is 1. The summed E-state index contributed by atoms with van der Waals surface area (Å²) in [5.74, 6) is 0.801. The van der Waals surface area contributed by atoms with Crippen LogP contribution in [0, 0.1) is 5.92 Å². The Balaban J connectivity index is 0.00000144. The lowest BCUT2D eigenvalue weighted by atomic mass is 9.85. The van der Waals surface area contributed by atoms with Crippen molar-refractivity contribution >= 4 is 24.0 Å². The monoisotopic (exact) mass is 254 g/mol. The molecule has 0 spiro atoms. The number of rotatable bonds is 3. The lowest BCUT2D eigenvalue weighted by molar-refractivity contribution is 0.0745. The SMILES string of the molecule is CN(CC1CCC1)C(=O)c1ccc(N)cc1.Cl. The molecule has 1 aromatic rings. The van der Waals surface area contributed by atoms with E-state index in [0.29, 0.717) is 11.6 Å². The first-order chi connectivity index (χ1) is 7.66. The molecule has 17 heavy (non-hydrogen) atoms. The fourth-order valence-electron chi connectivity index (χ4n) is 1.99. The molecule has 0 aliphatic heterocycles. The van der Waals surface area contributed by atoms with Crippen molar-refractivity contribution in [3.8, 4) is 0 Å². The van der Waals surface area contributed by atoms with Gasteiger partial charge in [-0.2, -0.15) is 0 Å². The van der Waals surface area contributed by atoms with Gasteiger partial charge in [0.25, 0.3) is 5.91 Å². The van der Waals surface area contributed by atoms with Gasteiger partial charge in [-0.15, -0.1) is 12.4 Å². The van der Waals surface area contributed by atoms with Gasteiger partial charge in [-0.25, -0.2) is 0 Å². The van der Waals surface area contributed by atoms with E-state index >= 15 is 0 Å². The minimum Gasteiger partial charge on any atom is -0.399 e. The van der Waals surface area contributed by atoms with Crippen LogP contribution in [0.4, 0.5) is 5.69 Å². The molecule has 1 fully saturated rings. The molecule has 0 bridgehead atoms. The molecule has 0 saturated heterocycles. The molecule has 1 aliphatic rings. The zero-order valence-electron chi connectivity index (χ0n) is 10.1. The quantitative estimate of drug-likeness (QED) is 0.843. The van der Waals surface area contributed by atoms with E-state index in [4.69, 9.17) is 5.73 Å². The molecule has 1 aliphatic carbocycles. The van der Waals surface area contributed by atoms with E-state index in [0.717, 1.165) is 12.1 Å². The molecule has 0 atom stereocenters. The van der Waals surface area contributed by atoms with Gasteiger partial charge in [-0.05, 0) is 43.0 Å². The van der Waals surface area contributed by atoms with Crippen molar-refractivity contribution in [1.29, 1.82) is 0 Å². The highest BCUT2D eigenvalue weighted by molar-refractivity contribution is 5.94. The number of hydrogen-bond acceptors (Lipinski definition) is 2. The third-order valence-electron chi connectivity index (χ3n) is 3.26. The van der Waals surface area contributed by atoms with E-state index in [2.05, 4.69) is 0 Å². The summed E-state index contributed by atoms with van der Waals surface area (Å²) in [5.41, 5.74) is 7.00. The number of anilines is 1. The van der Waals surface area contributed by atoms with Crippen LogP contribution in [-0.4, -0.2) is 24.4 Å². The highest BCUT2D eigenvalue weighted by Crippen LogP contribution is 2.27. The molecular formula is C13H19ClN2O. The Kier molecular flexibility index (Phi) is 4.82. The van der Waals surface area contributed by atoms with Crippen LogP contribution in [0.15, 0.2) is 24.3 Å². The Bertz CT molecular complexity index is 374. The van der Waals surface area contributed by atoms with Crippen LogP contribution in [0.3, 0.4) is 0 Å². The molecule has 1 saturated carbocycles.